The lowest BCUT2D eigenvalue weighted by molar-refractivity contribution is 0.655. The molecule has 1 aromatic heterocycles. The van der Waals surface area contributed by atoms with Crippen LogP contribution in [-0.2, 0) is 13.1 Å². The normalized spacial score (nSPS) is 10.7. The monoisotopic (exact) mass is 221 g/mol. The van der Waals surface area contributed by atoms with Gasteiger partial charge in [-0.15, -0.1) is 0 Å². The molecule has 0 aromatic carbocycles. The molecule has 0 fully saturated rings. The third kappa shape index (κ3) is 3.81. The summed E-state index contributed by atoms with van der Waals surface area (Å²) in [4.78, 5) is 0. The van der Waals surface area contributed by atoms with Gasteiger partial charge in [0.05, 0.1) is 12.2 Å². The van der Waals surface area contributed by atoms with Crippen LogP contribution in [0.2, 0.25) is 0 Å². The summed E-state index contributed by atoms with van der Waals surface area (Å²) in [6, 6.07) is 0. The smallest absolute Gasteiger partial charge is 0.0638 e. The van der Waals surface area contributed by atoms with Crippen molar-refractivity contribution in [2.24, 2.45) is 0 Å². The second kappa shape index (κ2) is 6.48. The van der Waals surface area contributed by atoms with E-state index in [4.69, 9.17) is 0 Å². The molecule has 0 atom stereocenters. The van der Waals surface area contributed by atoms with Crippen molar-refractivity contribution in [1.82, 2.24) is 15.1 Å². The molecule has 0 bridgehead atoms. The molecule has 90 valence electrons. The number of rotatable bonds is 7. The van der Waals surface area contributed by atoms with E-state index in [1.165, 1.54) is 17.6 Å². The van der Waals surface area contributed by atoms with Gasteiger partial charge in [-0.2, -0.15) is 5.10 Å². The van der Waals surface area contributed by atoms with E-state index in [9.17, 15) is 0 Å². The van der Waals surface area contributed by atoms with Gasteiger partial charge in [-0.1, -0.05) is 26.0 Å². The number of nitrogens with one attached hydrogen (secondary N) is 1. The maximum Gasteiger partial charge on any atom is 0.0638 e. The molecule has 0 aliphatic rings. The van der Waals surface area contributed by atoms with Crippen molar-refractivity contribution in [2.45, 2.75) is 46.7 Å². The fraction of sp³-hybridized carbons (Fsp3) is 0.615. The van der Waals surface area contributed by atoms with Crippen LogP contribution in [0.1, 0.15) is 37.9 Å². The first-order chi connectivity index (χ1) is 7.67. The van der Waals surface area contributed by atoms with E-state index in [1.54, 1.807) is 0 Å². The molecule has 1 rings (SSSR count). The largest absolute Gasteiger partial charge is 0.313 e. The summed E-state index contributed by atoms with van der Waals surface area (Å²) in [7, 11) is 0. The van der Waals surface area contributed by atoms with E-state index in [-0.39, 0.29) is 0 Å². The molecule has 1 aromatic rings. The zero-order valence-electron chi connectivity index (χ0n) is 10.7. The summed E-state index contributed by atoms with van der Waals surface area (Å²) in [5, 5.41) is 7.89. The van der Waals surface area contributed by atoms with Crippen molar-refractivity contribution in [2.75, 3.05) is 6.54 Å². The lowest BCUT2D eigenvalue weighted by Crippen LogP contribution is -2.13. The fourth-order valence-corrected chi connectivity index (χ4v) is 1.55. The van der Waals surface area contributed by atoms with Gasteiger partial charge in [0, 0.05) is 18.3 Å². The first-order valence-electron chi connectivity index (χ1n) is 6.07. The van der Waals surface area contributed by atoms with Gasteiger partial charge in [0.1, 0.15) is 0 Å². The SMILES string of the molecule is C=C(CC)Cn1cc(CNCCC)c(C)n1. The minimum absolute atomic E-state index is 0.838. The molecule has 0 aliphatic carbocycles. The molecule has 0 aliphatic heterocycles. The third-order valence-corrected chi connectivity index (χ3v) is 2.68. The Balaban J connectivity index is 2.55. The number of aryl methyl sites for hydroxylation is 1. The van der Waals surface area contributed by atoms with Crippen LogP contribution in [0.3, 0.4) is 0 Å². The van der Waals surface area contributed by atoms with E-state index in [0.717, 1.165) is 31.7 Å². The van der Waals surface area contributed by atoms with Crippen molar-refractivity contribution >= 4 is 0 Å². The maximum atomic E-state index is 4.49. The van der Waals surface area contributed by atoms with Crippen LogP contribution in [0.15, 0.2) is 18.3 Å². The minimum atomic E-state index is 0.838. The van der Waals surface area contributed by atoms with Gasteiger partial charge < -0.3 is 5.32 Å². The van der Waals surface area contributed by atoms with Gasteiger partial charge >= 0.3 is 0 Å². The average Bonchev–Trinajstić information content (AvgIpc) is 2.59. The van der Waals surface area contributed by atoms with Gasteiger partial charge in [-0.25, -0.2) is 0 Å². The first kappa shape index (κ1) is 13.0. The molecule has 0 radical (unpaired) electrons. The quantitative estimate of drug-likeness (QED) is 0.566. The number of aromatic nitrogens is 2. The topological polar surface area (TPSA) is 29.9 Å². The molecule has 0 saturated heterocycles. The number of nitrogens with zero attached hydrogens (tertiary/aromatic N) is 2. The molecule has 1 N–H and O–H groups in total. The van der Waals surface area contributed by atoms with E-state index < -0.39 is 0 Å². The lowest BCUT2D eigenvalue weighted by Gasteiger charge is -2.02. The van der Waals surface area contributed by atoms with Crippen molar-refractivity contribution in [3.63, 3.8) is 0 Å². The first-order valence-corrected chi connectivity index (χ1v) is 6.07. The Hall–Kier alpha value is -1.09. The van der Waals surface area contributed by atoms with Crippen molar-refractivity contribution in [3.05, 3.63) is 29.6 Å². The number of hydrogen-bond acceptors (Lipinski definition) is 2. The van der Waals surface area contributed by atoms with Crippen LogP contribution >= 0.6 is 0 Å². The van der Waals surface area contributed by atoms with E-state index in [2.05, 4.69) is 44.0 Å². The molecule has 0 amide bonds. The van der Waals surface area contributed by atoms with Crippen LogP contribution in [0.4, 0.5) is 0 Å². The molecule has 0 unspecified atom stereocenters. The van der Waals surface area contributed by atoms with Crippen LogP contribution in [-0.4, -0.2) is 16.3 Å². The molecular weight excluding hydrogens is 198 g/mol. The highest BCUT2D eigenvalue weighted by molar-refractivity contribution is 5.15. The molecule has 1 heterocycles. The molecule has 0 saturated carbocycles. The van der Waals surface area contributed by atoms with Crippen LogP contribution < -0.4 is 5.32 Å². The Bertz CT molecular complexity index is 339. The van der Waals surface area contributed by atoms with Gasteiger partial charge in [-0.05, 0) is 26.3 Å². The highest BCUT2D eigenvalue weighted by Gasteiger charge is 2.04. The number of hydrogen-bond donors (Lipinski definition) is 1. The Morgan fingerprint density at radius 1 is 1.50 bits per heavy atom. The molecule has 16 heavy (non-hydrogen) atoms. The summed E-state index contributed by atoms with van der Waals surface area (Å²) in [5.74, 6) is 0. The van der Waals surface area contributed by atoms with Crippen molar-refractivity contribution in [1.29, 1.82) is 0 Å². The van der Waals surface area contributed by atoms with E-state index >= 15 is 0 Å². The van der Waals surface area contributed by atoms with Gasteiger partial charge in [0.15, 0.2) is 0 Å². The number of allylic oxidation sites excluding steroid dienone is 1. The van der Waals surface area contributed by atoms with E-state index in [1.807, 2.05) is 4.68 Å². The van der Waals surface area contributed by atoms with Crippen LogP contribution in [0.5, 0.6) is 0 Å². The average molecular weight is 221 g/mol. The van der Waals surface area contributed by atoms with Gasteiger partial charge in [0.25, 0.3) is 0 Å². The highest BCUT2D eigenvalue weighted by Crippen LogP contribution is 2.08. The van der Waals surface area contributed by atoms with Gasteiger partial charge in [0.2, 0.25) is 0 Å². The zero-order chi connectivity index (χ0) is 12.0. The lowest BCUT2D eigenvalue weighted by atomic mass is 10.2. The highest BCUT2D eigenvalue weighted by atomic mass is 15.3. The zero-order valence-corrected chi connectivity index (χ0v) is 10.7. The summed E-state index contributed by atoms with van der Waals surface area (Å²) >= 11 is 0. The maximum absolute atomic E-state index is 4.49. The molecule has 3 nitrogen and oxygen atoms in total. The summed E-state index contributed by atoms with van der Waals surface area (Å²) in [6.45, 7) is 13.2. The predicted molar refractivity (Wildman–Crippen MR) is 68.4 cm³/mol. The fourth-order valence-electron chi connectivity index (χ4n) is 1.55. The Morgan fingerprint density at radius 3 is 2.88 bits per heavy atom. The van der Waals surface area contributed by atoms with Crippen LogP contribution in [0, 0.1) is 6.92 Å². The van der Waals surface area contributed by atoms with Crippen molar-refractivity contribution in [3.8, 4) is 0 Å². The predicted octanol–water partition coefficient (Wildman–Crippen LogP) is 2.66. The summed E-state index contributed by atoms with van der Waals surface area (Å²) in [5.41, 5.74) is 3.63. The Labute approximate surface area is 98.5 Å². The Kier molecular flexibility index (Phi) is 5.26. The Morgan fingerprint density at radius 2 is 2.25 bits per heavy atom. The standard InChI is InChI=1S/C13H23N3/c1-5-7-14-8-13-10-16(15-12(13)4)9-11(3)6-2/h10,14H,3,5-9H2,1-2,4H3. The van der Waals surface area contributed by atoms with Gasteiger partial charge in [-0.3, -0.25) is 4.68 Å². The molecule has 3 heteroatoms. The second-order valence-corrected chi connectivity index (χ2v) is 4.22. The van der Waals surface area contributed by atoms with Crippen LogP contribution in [0.25, 0.3) is 0 Å². The summed E-state index contributed by atoms with van der Waals surface area (Å²) < 4.78 is 1.99. The molecule has 0 spiro atoms. The van der Waals surface area contributed by atoms with Crippen molar-refractivity contribution < 1.29 is 0 Å². The minimum Gasteiger partial charge on any atom is -0.313 e. The third-order valence-electron chi connectivity index (χ3n) is 2.68. The van der Waals surface area contributed by atoms with E-state index in [0.29, 0.717) is 0 Å². The second-order valence-electron chi connectivity index (χ2n) is 4.22. The summed E-state index contributed by atoms with van der Waals surface area (Å²) in [6.07, 6.45) is 4.31. The molecular formula is C13H23N3.